The number of fused-ring (bicyclic) bond motifs is 1. The molecular formula is C32H38S2. The van der Waals surface area contributed by atoms with E-state index < -0.39 is 0 Å². The number of rotatable bonds is 4. The van der Waals surface area contributed by atoms with Crippen molar-refractivity contribution in [2.45, 2.75) is 70.1 Å². The molecule has 178 valence electrons. The molecule has 0 atom stereocenters. The van der Waals surface area contributed by atoms with E-state index in [0.29, 0.717) is 0 Å². The first kappa shape index (κ1) is 26.4. The van der Waals surface area contributed by atoms with Gasteiger partial charge >= 0.3 is 0 Å². The van der Waals surface area contributed by atoms with E-state index in [1.807, 2.05) is 12.1 Å². The Labute approximate surface area is 216 Å². The number of thioether (sulfide) groups is 1. The summed E-state index contributed by atoms with van der Waals surface area (Å²) in [5, 5.41) is 1.68. The summed E-state index contributed by atoms with van der Waals surface area (Å²) in [7, 11) is 0. The Balaban J connectivity index is 0.000000302. The average Bonchev–Trinajstić information content (AvgIpc) is 2.83. The van der Waals surface area contributed by atoms with Crippen molar-refractivity contribution in [3.8, 4) is 0 Å². The minimum absolute atomic E-state index is 0.265. The third-order valence-electron chi connectivity index (χ3n) is 7.02. The quantitative estimate of drug-likeness (QED) is 0.204. The maximum atomic E-state index is 4.74. The molecule has 0 unspecified atom stereocenters. The largest absolute Gasteiger partial charge is 0.130 e. The van der Waals surface area contributed by atoms with Crippen molar-refractivity contribution in [2.24, 2.45) is 0 Å². The van der Waals surface area contributed by atoms with Gasteiger partial charge in [0.05, 0.1) is 0 Å². The third kappa shape index (κ3) is 6.49. The van der Waals surface area contributed by atoms with Gasteiger partial charge in [0.25, 0.3) is 0 Å². The maximum Gasteiger partial charge on any atom is 0.00861 e. The van der Waals surface area contributed by atoms with E-state index in [1.54, 1.807) is 17.1 Å². The van der Waals surface area contributed by atoms with Crippen LogP contribution < -0.4 is 0 Å². The molecule has 4 rings (SSSR count). The highest BCUT2D eigenvalue weighted by molar-refractivity contribution is 7.98. The molecule has 0 spiro atoms. The molecule has 3 aromatic carbocycles. The molecule has 0 bridgehead atoms. The average molecular weight is 487 g/mol. The molecule has 0 radical (unpaired) electrons. The monoisotopic (exact) mass is 486 g/mol. The van der Waals surface area contributed by atoms with Gasteiger partial charge in [0, 0.05) is 10.3 Å². The van der Waals surface area contributed by atoms with Crippen molar-refractivity contribution >= 4 is 41.0 Å². The zero-order valence-corrected chi connectivity index (χ0v) is 23.4. The third-order valence-corrected chi connectivity index (χ3v) is 8.04. The second-order valence-corrected chi connectivity index (χ2v) is 11.8. The fourth-order valence-electron chi connectivity index (χ4n) is 4.51. The Hall–Kier alpha value is -2.16. The highest BCUT2D eigenvalue weighted by atomic mass is 32.2. The van der Waals surface area contributed by atoms with Gasteiger partial charge in [0.1, 0.15) is 0 Å². The second kappa shape index (κ2) is 11.1. The summed E-state index contributed by atoms with van der Waals surface area (Å²) < 4.78 is 0. The molecule has 34 heavy (non-hydrogen) atoms. The van der Waals surface area contributed by atoms with E-state index in [4.69, 9.17) is 12.2 Å². The van der Waals surface area contributed by atoms with Gasteiger partial charge < -0.3 is 0 Å². The Morgan fingerprint density at radius 1 is 0.794 bits per heavy atom. The molecule has 0 nitrogen and oxygen atoms in total. The molecule has 0 aliphatic heterocycles. The van der Waals surface area contributed by atoms with Crippen molar-refractivity contribution in [3.05, 3.63) is 100 Å². The molecule has 0 N–H and O–H groups in total. The molecule has 0 heterocycles. The fourth-order valence-corrected chi connectivity index (χ4v) is 5.08. The van der Waals surface area contributed by atoms with Gasteiger partial charge in [-0.1, -0.05) is 106 Å². The number of benzene rings is 3. The zero-order valence-electron chi connectivity index (χ0n) is 21.7. The van der Waals surface area contributed by atoms with E-state index in [2.05, 4.69) is 108 Å². The number of hydrogen-bond acceptors (Lipinski definition) is 2. The number of allylic oxidation sites excluding steroid dienone is 1. The van der Waals surface area contributed by atoms with Crippen molar-refractivity contribution < 1.29 is 0 Å². The Morgan fingerprint density at radius 2 is 1.35 bits per heavy atom. The standard InChI is InChI=1S/C24H30S.C8H8S/c1-17(15-18-7-10-20(25-6)11-8-18)19-9-12-21-22(16-19)24(4,5)14-13-23(21,2)3;1-7-2-4-8(6-9)5-3-7/h7-12,15-16H,13-14H2,1-6H3;2-6H,1H3/b17-15+;. The van der Waals surface area contributed by atoms with Crippen LogP contribution in [0, 0.1) is 6.92 Å². The second-order valence-electron chi connectivity index (χ2n) is 10.7. The molecule has 0 saturated heterocycles. The van der Waals surface area contributed by atoms with Crippen LogP contribution in [0.15, 0.2) is 71.6 Å². The van der Waals surface area contributed by atoms with Crippen LogP contribution in [-0.2, 0) is 10.8 Å². The van der Waals surface area contributed by atoms with Gasteiger partial charge in [-0.25, -0.2) is 0 Å². The van der Waals surface area contributed by atoms with Crippen LogP contribution >= 0.6 is 24.0 Å². The highest BCUT2D eigenvalue weighted by Gasteiger charge is 2.36. The van der Waals surface area contributed by atoms with Crippen molar-refractivity contribution in [3.63, 3.8) is 0 Å². The van der Waals surface area contributed by atoms with E-state index in [1.165, 1.54) is 51.1 Å². The molecule has 2 heteroatoms. The highest BCUT2D eigenvalue weighted by Crippen LogP contribution is 2.46. The van der Waals surface area contributed by atoms with Crippen LogP contribution in [0.1, 0.15) is 80.8 Å². The Morgan fingerprint density at radius 3 is 1.91 bits per heavy atom. The first-order valence-electron chi connectivity index (χ1n) is 12.1. The van der Waals surface area contributed by atoms with Gasteiger partial charge in [-0.15, -0.1) is 11.8 Å². The van der Waals surface area contributed by atoms with Crippen LogP contribution in [-0.4, -0.2) is 11.6 Å². The summed E-state index contributed by atoms with van der Waals surface area (Å²) in [4.78, 5) is 1.31. The lowest BCUT2D eigenvalue weighted by atomic mass is 9.63. The first-order chi connectivity index (χ1) is 16.1. The summed E-state index contributed by atoms with van der Waals surface area (Å²) in [5.74, 6) is 0. The van der Waals surface area contributed by atoms with Crippen molar-refractivity contribution in [1.82, 2.24) is 0 Å². The first-order valence-corrected chi connectivity index (χ1v) is 13.7. The van der Waals surface area contributed by atoms with E-state index in [9.17, 15) is 0 Å². The summed E-state index contributed by atoms with van der Waals surface area (Å²) in [6.45, 7) is 13.8. The predicted molar refractivity (Wildman–Crippen MR) is 157 cm³/mol. The Bertz CT molecular complexity index is 1150. The fraction of sp³-hybridized carbons (Fsp3) is 0.344. The molecule has 1 aliphatic rings. The van der Waals surface area contributed by atoms with Gasteiger partial charge in [0.15, 0.2) is 0 Å². The van der Waals surface area contributed by atoms with Crippen LogP contribution in [0.4, 0.5) is 0 Å². The van der Waals surface area contributed by atoms with Gasteiger partial charge in [-0.3, -0.25) is 0 Å². The van der Waals surface area contributed by atoms with E-state index in [0.717, 1.165) is 5.56 Å². The number of aryl methyl sites for hydroxylation is 1. The van der Waals surface area contributed by atoms with Gasteiger partial charge in [0.2, 0.25) is 0 Å². The van der Waals surface area contributed by atoms with E-state index in [-0.39, 0.29) is 10.8 Å². The van der Waals surface area contributed by atoms with Crippen LogP contribution in [0.2, 0.25) is 0 Å². The molecule has 1 aliphatic carbocycles. The van der Waals surface area contributed by atoms with Gasteiger partial charge in [-0.2, -0.15) is 0 Å². The van der Waals surface area contributed by atoms with Crippen LogP contribution in [0.25, 0.3) is 11.6 Å². The summed E-state index contributed by atoms with van der Waals surface area (Å²) >= 11 is 6.52. The van der Waals surface area contributed by atoms with Crippen LogP contribution in [0.3, 0.4) is 0 Å². The minimum atomic E-state index is 0.265. The van der Waals surface area contributed by atoms with Crippen molar-refractivity contribution in [1.29, 1.82) is 0 Å². The summed E-state index contributed by atoms with van der Waals surface area (Å²) in [5.41, 5.74) is 9.95. The SMILES string of the molecule is CSc1ccc(/C=C(\C)c2ccc3c(c2)C(C)(C)CCC3(C)C)cc1.Cc1ccc(C=S)cc1. The summed E-state index contributed by atoms with van der Waals surface area (Å²) in [6.07, 6.45) is 6.94. The maximum absolute atomic E-state index is 4.74. The molecule has 0 amide bonds. The molecule has 0 fully saturated rings. The van der Waals surface area contributed by atoms with E-state index >= 15 is 0 Å². The lowest BCUT2D eigenvalue weighted by molar-refractivity contribution is 0.332. The lowest BCUT2D eigenvalue weighted by Gasteiger charge is -2.42. The molecule has 0 aromatic heterocycles. The molecule has 3 aromatic rings. The lowest BCUT2D eigenvalue weighted by Crippen LogP contribution is -2.33. The normalized spacial score (nSPS) is 16.1. The summed E-state index contributed by atoms with van der Waals surface area (Å²) in [6, 6.07) is 24.1. The molecular weight excluding hydrogens is 448 g/mol. The number of thiocarbonyl (C=S) groups is 1. The Kier molecular flexibility index (Phi) is 8.60. The van der Waals surface area contributed by atoms with Gasteiger partial charge in [-0.05, 0) is 89.3 Å². The molecule has 0 saturated carbocycles. The smallest absolute Gasteiger partial charge is 0.00861 e. The zero-order chi connectivity index (χ0) is 24.9. The minimum Gasteiger partial charge on any atom is -0.130 e. The van der Waals surface area contributed by atoms with Crippen molar-refractivity contribution in [2.75, 3.05) is 6.26 Å². The topological polar surface area (TPSA) is 0 Å². The number of hydrogen-bond donors (Lipinski definition) is 0. The van der Waals surface area contributed by atoms with Crippen LogP contribution in [0.5, 0.6) is 0 Å². The predicted octanol–water partition coefficient (Wildman–Crippen LogP) is 9.66.